The Morgan fingerprint density at radius 1 is 1.29 bits per heavy atom. The van der Waals surface area contributed by atoms with Crippen molar-refractivity contribution in [2.75, 3.05) is 13.7 Å². The Hall–Kier alpha value is -0.996. The number of allylic oxidation sites excluding steroid dienone is 3. The predicted octanol–water partition coefficient (Wildman–Crippen LogP) is 3.88. The molecule has 1 heterocycles. The van der Waals surface area contributed by atoms with E-state index >= 15 is 0 Å². The van der Waals surface area contributed by atoms with Gasteiger partial charge in [-0.05, 0) is 17.8 Å². The molecule has 1 aromatic carbocycles. The Kier molecular flexibility index (Phi) is 6.75. The SMILES string of the molecule is C=C1C(C)=C[C-]=C(c2ccc(OC)cc2)N1CC(F)F.[Y]. The smallest absolute Gasteiger partial charge is 0.256 e. The Morgan fingerprint density at radius 2 is 1.90 bits per heavy atom. The van der Waals surface area contributed by atoms with Crippen LogP contribution in [0.3, 0.4) is 0 Å². The molecule has 0 atom stereocenters. The first-order chi connectivity index (χ1) is 9.52. The molecule has 0 saturated heterocycles. The molecule has 0 amide bonds. The molecular weight excluding hydrogens is 349 g/mol. The van der Waals surface area contributed by atoms with E-state index in [-0.39, 0.29) is 32.7 Å². The van der Waals surface area contributed by atoms with E-state index in [1.165, 1.54) is 4.90 Å². The minimum Gasteiger partial charge on any atom is -0.497 e. The Labute approximate surface area is 149 Å². The van der Waals surface area contributed by atoms with Crippen LogP contribution in [0.15, 0.2) is 48.2 Å². The molecular formula is C16H16F2NOY-. The molecule has 2 rings (SSSR count). The number of hydrogen-bond acceptors (Lipinski definition) is 2. The molecule has 1 aliphatic rings. The van der Waals surface area contributed by atoms with Crippen molar-refractivity contribution < 1.29 is 46.2 Å². The van der Waals surface area contributed by atoms with E-state index in [9.17, 15) is 8.78 Å². The van der Waals surface area contributed by atoms with Crippen molar-refractivity contribution in [1.82, 2.24) is 4.90 Å². The van der Waals surface area contributed by atoms with Gasteiger partial charge >= 0.3 is 0 Å². The third kappa shape index (κ3) is 4.24. The van der Waals surface area contributed by atoms with Gasteiger partial charge in [0.25, 0.3) is 6.43 Å². The van der Waals surface area contributed by atoms with E-state index < -0.39 is 13.0 Å². The van der Waals surface area contributed by atoms with Crippen molar-refractivity contribution in [3.05, 3.63) is 59.8 Å². The summed E-state index contributed by atoms with van der Waals surface area (Å²) in [7, 11) is 1.58. The van der Waals surface area contributed by atoms with Crippen LogP contribution in [0, 0.1) is 6.08 Å². The molecule has 1 aliphatic heterocycles. The first kappa shape index (κ1) is 18.1. The van der Waals surface area contributed by atoms with Gasteiger partial charge in [-0.15, -0.1) is 17.7 Å². The van der Waals surface area contributed by atoms with Gasteiger partial charge in [-0.25, -0.2) is 8.78 Å². The molecule has 109 valence electrons. The number of rotatable bonds is 4. The third-order valence-corrected chi connectivity index (χ3v) is 3.16. The third-order valence-electron chi connectivity index (χ3n) is 3.16. The zero-order valence-corrected chi connectivity index (χ0v) is 14.9. The fourth-order valence-electron chi connectivity index (χ4n) is 2.01. The van der Waals surface area contributed by atoms with Gasteiger partial charge in [0, 0.05) is 32.7 Å². The molecule has 1 radical (unpaired) electrons. The average Bonchev–Trinajstić information content (AvgIpc) is 2.44. The predicted molar refractivity (Wildman–Crippen MR) is 75.3 cm³/mol. The van der Waals surface area contributed by atoms with Crippen molar-refractivity contribution in [3.8, 4) is 5.75 Å². The number of benzene rings is 1. The van der Waals surface area contributed by atoms with Crippen LogP contribution in [-0.2, 0) is 32.7 Å². The topological polar surface area (TPSA) is 12.5 Å². The second-order valence-corrected chi connectivity index (χ2v) is 4.50. The van der Waals surface area contributed by atoms with Gasteiger partial charge in [-0.2, -0.15) is 12.2 Å². The second-order valence-electron chi connectivity index (χ2n) is 4.50. The van der Waals surface area contributed by atoms with Crippen LogP contribution < -0.4 is 4.74 Å². The number of halogens is 2. The van der Waals surface area contributed by atoms with E-state index in [1.807, 2.05) is 19.1 Å². The van der Waals surface area contributed by atoms with E-state index in [0.29, 0.717) is 11.4 Å². The van der Waals surface area contributed by atoms with E-state index in [2.05, 4.69) is 12.7 Å². The molecule has 2 nitrogen and oxygen atoms in total. The van der Waals surface area contributed by atoms with E-state index in [1.54, 1.807) is 25.3 Å². The van der Waals surface area contributed by atoms with E-state index in [4.69, 9.17) is 4.74 Å². The second kappa shape index (κ2) is 7.85. The number of hydrogen-bond donors (Lipinski definition) is 0. The van der Waals surface area contributed by atoms with Gasteiger partial charge in [-0.3, -0.25) is 0 Å². The minimum atomic E-state index is -2.44. The van der Waals surface area contributed by atoms with Crippen molar-refractivity contribution in [2.24, 2.45) is 0 Å². The molecule has 0 saturated carbocycles. The van der Waals surface area contributed by atoms with Crippen LogP contribution in [0.25, 0.3) is 5.70 Å². The summed E-state index contributed by atoms with van der Waals surface area (Å²) in [4.78, 5) is 1.50. The normalized spacial score (nSPS) is 14.5. The summed E-state index contributed by atoms with van der Waals surface area (Å²) in [6.07, 6.45) is 2.38. The summed E-state index contributed by atoms with van der Waals surface area (Å²) < 4.78 is 30.6. The summed E-state index contributed by atoms with van der Waals surface area (Å²) in [6.45, 7) is 5.32. The monoisotopic (exact) mass is 365 g/mol. The Bertz CT molecular complexity index is 564. The van der Waals surface area contributed by atoms with Gasteiger partial charge in [-0.1, -0.05) is 24.8 Å². The summed E-state index contributed by atoms with van der Waals surface area (Å²) >= 11 is 0. The first-order valence-corrected chi connectivity index (χ1v) is 6.22. The maximum Gasteiger partial charge on any atom is 0.256 e. The molecule has 0 aliphatic carbocycles. The summed E-state index contributed by atoms with van der Waals surface area (Å²) in [6, 6.07) is 7.22. The maximum atomic E-state index is 12.8. The zero-order valence-electron chi connectivity index (χ0n) is 12.1. The zero-order chi connectivity index (χ0) is 14.7. The Balaban J connectivity index is 0.00000220. The molecule has 5 heteroatoms. The molecule has 0 fully saturated rings. The van der Waals surface area contributed by atoms with Gasteiger partial charge in [0.2, 0.25) is 0 Å². The number of ether oxygens (including phenoxy) is 1. The van der Waals surface area contributed by atoms with Crippen molar-refractivity contribution in [3.63, 3.8) is 0 Å². The van der Waals surface area contributed by atoms with Crippen LogP contribution in [0.2, 0.25) is 0 Å². The van der Waals surface area contributed by atoms with Crippen LogP contribution in [0.4, 0.5) is 8.78 Å². The Morgan fingerprint density at radius 3 is 2.43 bits per heavy atom. The van der Waals surface area contributed by atoms with Crippen LogP contribution in [0.1, 0.15) is 12.5 Å². The van der Waals surface area contributed by atoms with Crippen LogP contribution >= 0.6 is 0 Å². The van der Waals surface area contributed by atoms with Crippen molar-refractivity contribution in [2.45, 2.75) is 13.3 Å². The molecule has 0 aromatic heterocycles. The van der Waals surface area contributed by atoms with Crippen LogP contribution in [0.5, 0.6) is 5.75 Å². The van der Waals surface area contributed by atoms with Gasteiger partial charge in [0.05, 0.1) is 13.7 Å². The molecule has 0 unspecified atom stereocenters. The minimum absolute atomic E-state index is 0. The summed E-state index contributed by atoms with van der Waals surface area (Å²) in [5.74, 6) is 0.719. The number of alkyl halides is 2. The summed E-state index contributed by atoms with van der Waals surface area (Å²) in [5, 5.41) is 0. The van der Waals surface area contributed by atoms with Crippen molar-refractivity contribution >= 4 is 5.70 Å². The van der Waals surface area contributed by atoms with Crippen LogP contribution in [-0.4, -0.2) is 25.0 Å². The fraction of sp³-hybridized carbons (Fsp3) is 0.250. The molecule has 21 heavy (non-hydrogen) atoms. The molecule has 0 bridgehead atoms. The fourth-order valence-corrected chi connectivity index (χ4v) is 2.01. The van der Waals surface area contributed by atoms with Gasteiger partial charge < -0.3 is 9.64 Å². The quantitative estimate of drug-likeness (QED) is 0.751. The summed E-state index contributed by atoms with van der Waals surface area (Å²) in [5.41, 5.74) is 2.82. The standard InChI is InChI=1S/C16H16F2NO.Y/c1-11-4-9-15(19(12(11)2)10-16(17)18)13-5-7-14(20-3)8-6-13;/h4-8,16H,2,10H2,1,3H3;/q-1;. The molecule has 0 N–H and O–H groups in total. The molecule has 1 aromatic rings. The first-order valence-electron chi connectivity index (χ1n) is 6.22. The van der Waals surface area contributed by atoms with Gasteiger partial charge in [0.1, 0.15) is 5.75 Å². The largest absolute Gasteiger partial charge is 0.497 e. The van der Waals surface area contributed by atoms with E-state index in [0.717, 1.165) is 16.9 Å². The average molecular weight is 365 g/mol. The maximum absolute atomic E-state index is 12.8. The number of methoxy groups -OCH3 is 1. The van der Waals surface area contributed by atoms with Crippen molar-refractivity contribution in [1.29, 1.82) is 0 Å². The number of nitrogens with zero attached hydrogens (tertiary/aromatic N) is 1. The van der Waals surface area contributed by atoms with Gasteiger partial charge in [0.15, 0.2) is 0 Å². The molecule has 0 spiro atoms.